The Hall–Kier alpha value is -2.02. The number of benzene rings is 1. The third-order valence-corrected chi connectivity index (χ3v) is 2.00. The van der Waals surface area contributed by atoms with E-state index in [1.165, 1.54) is 17.0 Å². The van der Waals surface area contributed by atoms with Crippen LogP contribution in [0.5, 0.6) is 5.75 Å². The normalized spacial score (nSPS) is 9.33. The topological polar surface area (TPSA) is 64.3 Å². The van der Waals surface area contributed by atoms with Gasteiger partial charge in [-0.15, -0.1) is 0 Å². The fourth-order valence-electron chi connectivity index (χ4n) is 1.18. The minimum atomic E-state index is -0.193. The van der Waals surface area contributed by atoms with Gasteiger partial charge in [0.25, 0.3) is 5.91 Å². The number of nitriles is 1. The van der Waals surface area contributed by atoms with Crippen LogP contribution in [-0.4, -0.2) is 29.5 Å². The first-order chi connectivity index (χ1) is 7.15. The van der Waals surface area contributed by atoms with Crippen LogP contribution in [0, 0.1) is 11.3 Å². The van der Waals surface area contributed by atoms with Gasteiger partial charge in [-0.3, -0.25) is 4.79 Å². The van der Waals surface area contributed by atoms with Gasteiger partial charge in [-0.2, -0.15) is 5.26 Å². The van der Waals surface area contributed by atoms with Crippen molar-refractivity contribution < 1.29 is 9.90 Å². The Morgan fingerprint density at radius 2 is 2.33 bits per heavy atom. The van der Waals surface area contributed by atoms with Crippen LogP contribution in [0.25, 0.3) is 0 Å². The number of phenolic OH excluding ortho intramolecular Hbond substituents is 1. The molecule has 0 bridgehead atoms. The number of nitrogens with zero attached hydrogens (tertiary/aromatic N) is 2. The Balaban J connectivity index is 2.72. The molecule has 0 aromatic heterocycles. The predicted octanol–water partition coefficient (Wildman–Crippen LogP) is 1.38. The maximum atomic E-state index is 11.7. The molecule has 0 heterocycles. The van der Waals surface area contributed by atoms with E-state index >= 15 is 0 Å². The summed E-state index contributed by atoms with van der Waals surface area (Å²) < 4.78 is 0. The Bertz CT molecular complexity index is 396. The number of amides is 1. The first-order valence-electron chi connectivity index (χ1n) is 4.56. The number of hydrogen-bond donors (Lipinski definition) is 1. The molecule has 0 aliphatic carbocycles. The number of rotatable bonds is 3. The lowest BCUT2D eigenvalue weighted by Gasteiger charge is -2.15. The first kappa shape index (κ1) is 11.1. The van der Waals surface area contributed by atoms with Crippen LogP contribution in [0.4, 0.5) is 0 Å². The molecule has 0 spiro atoms. The van der Waals surface area contributed by atoms with Gasteiger partial charge in [-0.05, 0) is 18.2 Å². The van der Waals surface area contributed by atoms with Crippen LogP contribution < -0.4 is 0 Å². The van der Waals surface area contributed by atoms with Crippen molar-refractivity contribution in [3.8, 4) is 11.8 Å². The zero-order valence-electron chi connectivity index (χ0n) is 8.47. The van der Waals surface area contributed by atoms with Crippen LogP contribution in [0.3, 0.4) is 0 Å². The van der Waals surface area contributed by atoms with Gasteiger partial charge >= 0.3 is 0 Å². The van der Waals surface area contributed by atoms with E-state index in [0.717, 1.165) is 0 Å². The summed E-state index contributed by atoms with van der Waals surface area (Å²) in [7, 11) is 1.63. The fourth-order valence-corrected chi connectivity index (χ4v) is 1.18. The second kappa shape index (κ2) is 5.01. The molecule has 1 N–H and O–H groups in total. The Morgan fingerprint density at radius 1 is 1.60 bits per heavy atom. The van der Waals surface area contributed by atoms with Crippen molar-refractivity contribution in [3.05, 3.63) is 29.8 Å². The molecule has 1 amide bonds. The molecule has 1 aromatic carbocycles. The van der Waals surface area contributed by atoms with Crippen LogP contribution in [-0.2, 0) is 0 Å². The highest BCUT2D eigenvalue weighted by Crippen LogP contribution is 2.12. The molecule has 0 saturated heterocycles. The summed E-state index contributed by atoms with van der Waals surface area (Å²) in [6.07, 6.45) is 0.307. The lowest BCUT2D eigenvalue weighted by molar-refractivity contribution is 0.0797. The minimum absolute atomic E-state index is 0.0644. The highest BCUT2D eigenvalue weighted by atomic mass is 16.3. The van der Waals surface area contributed by atoms with Crippen molar-refractivity contribution in [2.45, 2.75) is 6.42 Å². The van der Waals surface area contributed by atoms with Gasteiger partial charge in [-0.1, -0.05) is 6.07 Å². The molecule has 0 saturated carbocycles. The van der Waals surface area contributed by atoms with Gasteiger partial charge in [0.2, 0.25) is 0 Å². The maximum absolute atomic E-state index is 11.7. The molecule has 0 radical (unpaired) electrons. The van der Waals surface area contributed by atoms with Crippen LogP contribution in [0.2, 0.25) is 0 Å². The van der Waals surface area contributed by atoms with Gasteiger partial charge in [0.05, 0.1) is 12.5 Å². The Morgan fingerprint density at radius 3 is 2.93 bits per heavy atom. The quantitative estimate of drug-likeness (QED) is 0.808. The second-order valence-electron chi connectivity index (χ2n) is 3.19. The number of hydrogen-bond acceptors (Lipinski definition) is 3. The summed E-state index contributed by atoms with van der Waals surface area (Å²) >= 11 is 0. The third kappa shape index (κ3) is 2.99. The first-order valence-corrected chi connectivity index (χ1v) is 4.56. The second-order valence-corrected chi connectivity index (χ2v) is 3.19. The van der Waals surface area contributed by atoms with E-state index in [4.69, 9.17) is 5.26 Å². The molecule has 0 atom stereocenters. The molecule has 0 aliphatic heterocycles. The SMILES string of the molecule is CN(CCC#N)C(=O)c1cccc(O)c1. The number of carbonyl (C=O) groups excluding carboxylic acids is 1. The highest BCUT2D eigenvalue weighted by Gasteiger charge is 2.11. The van der Waals surface area contributed by atoms with E-state index in [1.807, 2.05) is 6.07 Å². The smallest absolute Gasteiger partial charge is 0.253 e. The molecule has 4 heteroatoms. The number of aromatic hydroxyl groups is 1. The summed E-state index contributed by atoms with van der Waals surface area (Å²) in [5, 5.41) is 17.6. The maximum Gasteiger partial charge on any atom is 0.253 e. The fraction of sp³-hybridized carbons (Fsp3) is 0.273. The van der Waals surface area contributed by atoms with Gasteiger partial charge in [0, 0.05) is 19.2 Å². The zero-order chi connectivity index (χ0) is 11.3. The van der Waals surface area contributed by atoms with E-state index in [2.05, 4.69) is 0 Å². The van der Waals surface area contributed by atoms with E-state index < -0.39 is 0 Å². The Labute approximate surface area is 88.4 Å². The standard InChI is InChI=1S/C11H12N2O2/c1-13(7-3-6-12)11(15)9-4-2-5-10(14)8-9/h2,4-5,8,14H,3,7H2,1H3. The minimum Gasteiger partial charge on any atom is -0.508 e. The van der Waals surface area contributed by atoms with E-state index in [0.29, 0.717) is 18.5 Å². The summed E-state index contributed by atoms with van der Waals surface area (Å²) in [4.78, 5) is 13.2. The molecule has 78 valence electrons. The molecule has 0 unspecified atom stereocenters. The summed E-state index contributed by atoms with van der Waals surface area (Å²) in [6.45, 7) is 0.394. The summed E-state index contributed by atoms with van der Waals surface area (Å²) in [6, 6.07) is 8.13. The molecule has 15 heavy (non-hydrogen) atoms. The monoisotopic (exact) mass is 204 g/mol. The van der Waals surface area contributed by atoms with Crippen LogP contribution in [0.1, 0.15) is 16.8 Å². The summed E-state index contributed by atoms with van der Waals surface area (Å²) in [5.74, 6) is -0.129. The van der Waals surface area contributed by atoms with Crippen LogP contribution >= 0.6 is 0 Å². The molecular formula is C11H12N2O2. The lowest BCUT2D eigenvalue weighted by Crippen LogP contribution is -2.27. The number of carbonyl (C=O) groups is 1. The molecular weight excluding hydrogens is 192 g/mol. The number of phenols is 1. The van der Waals surface area contributed by atoms with E-state index in [9.17, 15) is 9.90 Å². The van der Waals surface area contributed by atoms with Gasteiger partial charge in [-0.25, -0.2) is 0 Å². The Kier molecular flexibility index (Phi) is 3.69. The van der Waals surface area contributed by atoms with Crippen molar-refractivity contribution in [3.63, 3.8) is 0 Å². The highest BCUT2D eigenvalue weighted by molar-refractivity contribution is 5.94. The van der Waals surface area contributed by atoms with Crippen molar-refractivity contribution >= 4 is 5.91 Å². The van der Waals surface area contributed by atoms with E-state index in [1.54, 1.807) is 19.2 Å². The van der Waals surface area contributed by atoms with Gasteiger partial charge in [0.15, 0.2) is 0 Å². The van der Waals surface area contributed by atoms with Gasteiger partial charge in [0.1, 0.15) is 5.75 Å². The third-order valence-electron chi connectivity index (χ3n) is 2.00. The average Bonchev–Trinajstić information content (AvgIpc) is 2.24. The van der Waals surface area contributed by atoms with Crippen molar-refractivity contribution in [2.75, 3.05) is 13.6 Å². The van der Waals surface area contributed by atoms with Crippen molar-refractivity contribution in [1.29, 1.82) is 5.26 Å². The lowest BCUT2D eigenvalue weighted by atomic mass is 10.2. The van der Waals surface area contributed by atoms with Crippen molar-refractivity contribution in [1.82, 2.24) is 4.90 Å². The summed E-state index contributed by atoms with van der Waals surface area (Å²) in [5.41, 5.74) is 0.426. The molecule has 1 aromatic rings. The van der Waals surface area contributed by atoms with Gasteiger partial charge < -0.3 is 10.0 Å². The molecule has 0 fully saturated rings. The van der Waals surface area contributed by atoms with Crippen molar-refractivity contribution in [2.24, 2.45) is 0 Å². The predicted molar refractivity (Wildman–Crippen MR) is 55.3 cm³/mol. The molecule has 1 rings (SSSR count). The van der Waals surface area contributed by atoms with Crippen LogP contribution in [0.15, 0.2) is 24.3 Å². The zero-order valence-corrected chi connectivity index (χ0v) is 8.47. The molecule has 4 nitrogen and oxygen atoms in total. The average molecular weight is 204 g/mol. The van der Waals surface area contributed by atoms with E-state index in [-0.39, 0.29) is 11.7 Å². The largest absolute Gasteiger partial charge is 0.508 e. The molecule has 0 aliphatic rings.